The van der Waals surface area contributed by atoms with Crippen LogP contribution in [0.25, 0.3) is 0 Å². The topological polar surface area (TPSA) is 29.1 Å². The lowest BCUT2D eigenvalue weighted by Crippen LogP contribution is -2.42. The molecule has 2 atom stereocenters. The minimum atomic E-state index is 0. The Bertz CT molecular complexity index is 333. The van der Waals surface area contributed by atoms with Gasteiger partial charge in [0.15, 0.2) is 0 Å². The molecule has 0 aromatic heterocycles. The normalized spacial score (nSPS) is 27.1. The second kappa shape index (κ2) is 6.75. The fourth-order valence-electron chi connectivity index (χ4n) is 2.47. The average molecular weight is 237 g/mol. The highest BCUT2D eigenvalue weighted by Gasteiger charge is 2.26. The first-order chi connectivity index (χ1) is 8.22. The Morgan fingerprint density at radius 2 is 2.24 bits per heavy atom. The molecule has 2 aliphatic rings. The standard InChI is InChI=1S/C13H19NO.C2H6.H2/c1-3-13(15)12-7-10-6-4-5-9(2)11(10)8-14-12;1-2;/h4,6,9,12,14H,3,5,7-8H2,1-2H3;1-2H3;1H. The van der Waals surface area contributed by atoms with E-state index >= 15 is 0 Å². The van der Waals surface area contributed by atoms with Crippen molar-refractivity contribution in [3.8, 4) is 0 Å². The second-order valence-electron chi connectivity index (χ2n) is 4.55. The Kier molecular flexibility index (Phi) is 5.63. The number of Topliss-reactive ketones (excluding diaryl/α,β-unsaturated/α-hetero) is 1. The van der Waals surface area contributed by atoms with E-state index in [0.29, 0.717) is 18.1 Å². The Morgan fingerprint density at radius 3 is 2.88 bits per heavy atom. The van der Waals surface area contributed by atoms with Gasteiger partial charge in [-0.15, -0.1) is 0 Å². The van der Waals surface area contributed by atoms with Gasteiger partial charge in [-0.25, -0.2) is 0 Å². The van der Waals surface area contributed by atoms with Crippen LogP contribution in [0.1, 0.15) is 48.4 Å². The van der Waals surface area contributed by atoms with Gasteiger partial charge in [0.05, 0.1) is 6.04 Å². The van der Waals surface area contributed by atoms with Crippen LogP contribution >= 0.6 is 0 Å². The molecule has 0 aromatic rings. The van der Waals surface area contributed by atoms with Gasteiger partial charge in [0.25, 0.3) is 0 Å². The van der Waals surface area contributed by atoms with Gasteiger partial charge in [-0.3, -0.25) is 4.79 Å². The van der Waals surface area contributed by atoms with Gasteiger partial charge in [0.1, 0.15) is 5.78 Å². The first-order valence-electron chi connectivity index (χ1n) is 6.87. The molecule has 2 unspecified atom stereocenters. The van der Waals surface area contributed by atoms with Gasteiger partial charge in [0.2, 0.25) is 0 Å². The fraction of sp³-hybridized carbons (Fsp3) is 0.667. The number of hydrogen-bond acceptors (Lipinski definition) is 2. The highest BCUT2D eigenvalue weighted by Crippen LogP contribution is 2.30. The molecule has 1 aliphatic heterocycles. The molecule has 1 heterocycles. The zero-order chi connectivity index (χ0) is 12.8. The van der Waals surface area contributed by atoms with Gasteiger partial charge in [-0.05, 0) is 24.3 Å². The lowest BCUT2D eigenvalue weighted by Gasteiger charge is -2.31. The smallest absolute Gasteiger partial charge is 0.149 e. The third kappa shape index (κ3) is 3.29. The van der Waals surface area contributed by atoms with Crippen LogP contribution in [0.15, 0.2) is 23.3 Å². The van der Waals surface area contributed by atoms with E-state index < -0.39 is 0 Å². The minimum Gasteiger partial charge on any atom is -0.303 e. The zero-order valence-corrected chi connectivity index (χ0v) is 11.5. The Morgan fingerprint density at radius 1 is 1.53 bits per heavy atom. The van der Waals surface area contributed by atoms with E-state index in [0.717, 1.165) is 19.4 Å². The second-order valence-corrected chi connectivity index (χ2v) is 4.55. The molecule has 0 saturated carbocycles. The lowest BCUT2D eigenvalue weighted by molar-refractivity contribution is -0.120. The molecule has 17 heavy (non-hydrogen) atoms. The third-order valence-corrected chi connectivity index (χ3v) is 3.52. The van der Waals surface area contributed by atoms with Crippen molar-refractivity contribution in [3.05, 3.63) is 23.3 Å². The van der Waals surface area contributed by atoms with Crippen LogP contribution in [0.3, 0.4) is 0 Å². The summed E-state index contributed by atoms with van der Waals surface area (Å²) in [5.74, 6) is 0.989. The summed E-state index contributed by atoms with van der Waals surface area (Å²) >= 11 is 0. The predicted octanol–water partition coefficient (Wildman–Crippen LogP) is 3.49. The van der Waals surface area contributed by atoms with Crippen LogP contribution in [0.5, 0.6) is 0 Å². The van der Waals surface area contributed by atoms with Crippen molar-refractivity contribution in [1.29, 1.82) is 0 Å². The largest absolute Gasteiger partial charge is 0.303 e. The van der Waals surface area contributed by atoms with E-state index in [2.05, 4.69) is 24.4 Å². The van der Waals surface area contributed by atoms with E-state index in [-0.39, 0.29) is 7.47 Å². The molecule has 1 aliphatic carbocycles. The summed E-state index contributed by atoms with van der Waals surface area (Å²) in [4.78, 5) is 11.6. The Balaban J connectivity index is 0.000000917. The van der Waals surface area contributed by atoms with Crippen molar-refractivity contribution < 1.29 is 6.22 Å². The summed E-state index contributed by atoms with van der Waals surface area (Å²) in [7, 11) is 0. The third-order valence-electron chi connectivity index (χ3n) is 3.52. The summed E-state index contributed by atoms with van der Waals surface area (Å²) in [5.41, 5.74) is 2.91. The summed E-state index contributed by atoms with van der Waals surface area (Å²) in [6.07, 6.45) is 7.13. The van der Waals surface area contributed by atoms with E-state index in [1.165, 1.54) is 11.1 Å². The van der Waals surface area contributed by atoms with Gasteiger partial charge in [-0.2, -0.15) is 0 Å². The molecule has 2 rings (SSSR count). The van der Waals surface area contributed by atoms with Crippen LogP contribution < -0.4 is 5.32 Å². The summed E-state index contributed by atoms with van der Waals surface area (Å²) < 4.78 is 0. The highest BCUT2D eigenvalue weighted by atomic mass is 16.1. The quantitative estimate of drug-likeness (QED) is 0.796. The lowest BCUT2D eigenvalue weighted by atomic mass is 9.82. The van der Waals surface area contributed by atoms with Crippen molar-refractivity contribution in [2.75, 3.05) is 6.54 Å². The molecule has 0 bridgehead atoms. The van der Waals surface area contributed by atoms with Crippen LogP contribution in [0.4, 0.5) is 0 Å². The maximum Gasteiger partial charge on any atom is 0.149 e. The average Bonchev–Trinajstić information content (AvgIpc) is 2.40. The summed E-state index contributed by atoms with van der Waals surface area (Å²) in [5, 5.41) is 3.36. The molecular weight excluding hydrogens is 210 g/mol. The molecule has 0 aromatic carbocycles. The van der Waals surface area contributed by atoms with Crippen LogP contribution in [0, 0.1) is 5.92 Å². The zero-order valence-electron chi connectivity index (χ0n) is 11.5. The van der Waals surface area contributed by atoms with Crippen molar-refractivity contribution in [3.63, 3.8) is 0 Å². The minimum absolute atomic E-state index is 0. The molecule has 98 valence electrons. The maximum absolute atomic E-state index is 11.6. The van der Waals surface area contributed by atoms with E-state index in [4.69, 9.17) is 0 Å². The number of ketones is 1. The SMILES string of the molecule is CC.CCC(=O)C1CC2=C(CN1)C(C)CC=C2.[HH]. The molecule has 0 spiro atoms. The molecule has 0 saturated heterocycles. The first-order valence-corrected chi connectivity index (χ1v) is 6.87. The predicted molar refractivity (Wildman–Crippen MR) is 75.1 cm³/mol. The van der Waals surface area contributed by atoms with Crippen LogP contribution in [-0.2, 0) is 4.79 Å². The monoisotopic (exact) mass is 237 g/mol. The number of rotatable bonds is 2. The molecule has 2 heteroatoms. The summed E-state index contributed by atoms with van der Waals surface area (Å²) in [6, 6.07) is 0.0590. The van der Waals surface area contributed by atoms with Crippen LogP contribution in [0.2, 0.25) is 0 Å². The Labute approximate surface area is 107 Å². The molecule has 2 nitrogen and oxygen atoms in total. The number of hydrogen-bond donors (Lipinski definition) is 1. The van der Waals surface area contributed by atoms with E-state index in [1.807, 2.05) is 20.8 Å². The van der Waals surface area contributed by atoms with Gasteiger partial charge >= 0.3 is 0 Å². The van der Waals surface area contributed by atoms with Crippen molar-refractivity contribution in [2.45, 2.75) is 53.0 Å². The fourth-order valence-corrected chi connectivity index (χ4v) is 2.47. The molecule has 0 fully saturated rings. The number of nitrogens with one attached hydrogen (secondary N) is 1. The summed E-state index contributed by atoms with van der Waals surface area (Å²) in [6.45, 7) is 9.10. The van der Waals surface area contributed by atoms with Gasteiger partial charge in [0, 0.05) is 14.4 Å². The van der Waals surface area contributed by atoms with Crippen molar-refractivity contribution in [1.82, 2.24) is 5.32 Å². The Hall–Kier alpha value is -0.890. The van der Waals surface area contributed by atoms with Crippen molar-refractivity contribution in [2.24, 2.45) is 5.92 Å². The highest BCUT2D eigenvalue weighted by molar-refractivity contribution is 5.84. The van der Waals surface area contributed by atoms with Crippen LogP contribution in [-0.4, -0.2) is 18.4 Å². The molecular formula is C15H27NO. The van der Waals surface area contributed by atoms with Crippen molar-refractivity contribution >= 4 is 5.78 Å². The van der Waals surface area contributed by atoms with E-state index in [1.54, 1.807) is 0 Å². The van der Waals surface area contributed by atoms with Gasteiger partial charge < -0.3 is 5.32 Å². The number of carbonyl (C=O) groups excluding carboxylic acids is 1. The maximum atomic E-state index is 11.6. The molecule has 0 amide bonds. The molecule has 0 radical (unpaired) electrons. The van der Waals surface area contributed by atoms with Gasteiger partial charge in [-0.1, -0.05) is 45.4 Å². The molecule has 1 N–H and O–H groups in total. The first kappa shape index (κ1) is 14.2. The number of allylic oxidation sites excluding steroid dienone is 2. The number of carbonyl (C=O) groups is 1. The van der Waals surface area contributed by atoms with E-state index in [9.17, 15) is 4.79 Å².